The van der Waals surface area contributed by atoms with E-state index in [0.717, 1.165) is 5.01 Å². The highest BCUT2D eigenvalue weighted by atomic mass is 32.1. The Morgan fingerprint density at radius 2 is 2.09 bits per heavy atom. The van der Waals surface area contributed by atoms with Gasteiger partial charge < -0.3 is 14.8 Å². The third-order valence-corrected chi connectivity index (χ3v) is 3.97. The van der Waals surface area contributed by atoms with Crippen LogP contribution in [0.4, 0.5) is 10.8 Å². The van der Waals surface area contributed by atoms with Gasteiger partial charge in [-0.15, -0.1) is 10.2 Å². The first kappa shape index (κ1) is 17.0. The molecule has 0 aliphatic heterocycles. The van der Waals surface area contributed by atoms with Crippen LogP contribution in [0.25, 0.3) is 0 Å². The van der Waals surface area contributed by atoms with Gasteiger partial charge in [0.2, 0.25) is 11.0 Å². The highest BCUT2D eigenvalue weighted by molar-refractivity contribution is 7.15. The molecule has 0 unspecified atom stereocenters. The zero-order valence-electron chi connectivity index (χ0n) is 13.5. The van der Waals surface area contributed by atoms with Crippen LogP contribution in [0, 0.1) is 6.92 Å². The molecule has 2 rings (SSSR count). The van der Waals surface area contributed by atoms with Gasteiger partial charge in [0.05, 0.1) is 19.9 Å². The molecule has 7 nitrogen and oxygen atoms in total. The smallest absolute Gasteiger partial charge is 0.248 e. The average molecular weight is 336 g/mol. The van der Waals surface area contributed by atoms with Crippen LogP contribution >= 0.6 is 11.3 Å². The molecule has 1 heterocycles. The minimum Gasteiger partial charge on any atom is -0.497 e. The Hall–Kier alpha value is -2.35. The fraction of sp³-hybridized carbons (Fsp3) is 0.400. The van der Waals surface area contributed by atoms with Gasteiger partial charge in [0.1, 0.15) is 22.5 Å². The molecule has 0 spiro atoms. The number of hydrogen-bond acceptors (Lipinski definition) is 7. The van der Waals surface area contributed by atoms with E-state index in [1.165, 1.54) is 11.3 Å². The molecule has 0 aliphatic rings. The van der Waals surface area contributed by atoms with E-state index in [2.05, 4.69) is 20.8 Å². The second kappa shape index (κ2) is 7.77. The summed E-state index contributed by atoms with van der Waals surface area (Å²) in [6.45, 7) is 3.76. The first-order chi connectivity index (χ1) is 11.1. The predicted molar refractivity (Wildman–Crippen MR) is 90.5 cm³/mol. The van der Waals surface area contributed by atoms with Crippen LogP contribution in [-0.2, 0) is 4.79 Å². The van der Waals surface area contributed by atoms with E-state index in [-0.39, 0.29) is 5.91 Å². The Labute approximate surface area is 139 Å². The lowest BCUT2D eigenvalue weighted by Gasteiger charge is -2.19. The third-order valence-electron chi connectivity index (χ3n) is 3.22. The van der Waals surface area contributed by atoms with Crippen LogP contribution in [0.5, 0.6) is 11.5 Å². The van der Waals surface area contributed by atoms with Crippen molar-refractivity contribution in [2.45, 2.75) is 26.3 Å². The SMILES string of the molecule is CC[C@@H](Nc1cc(OC)ccc1OC)C(=O)Nc1nnc(C)s1. The van der Waals surface area contributed by atoms with Crippen LogP contribution in [0.15, 0.2) is 18.2 Å². The number of aromatic nitrogens is 2. The second-order valence-corrected chi connectivity index (χ2v) is 5.97. The van der Waals surface area contributed by atoms with Gasteiger partial charge in [0, 0.05) is 6.07 Å². The summed E-state index contributed by atoms with van der Waals surface area (Å²) < 4.78 is 10.5. The summed E-state index contributed by atoms with van der Waals surface area (Å²) in [6.07, 6.45) is 0.601. The normalized spacial score (nSPS) is 11.7. The van der Waals surface area contributed by atoms with Gasteiger partial charge in [-0.05, 0) is 25.5 Å². The molecule has 23 heavy (non-hydrogen) atoms. The number of methoxy groups -OCH3 is 2. The molecule has 2 aromatic rings. The Morgan fingerprint density at radius 3 is 2.65 bits per heavy atom. The van der Waals surface area contributed by atoms with Crippen LogP contribution in [-0.4, -0.2) is 36.4 Å². The van der Waals surface area contributed by atoms with Gasteiger partial charge in [0.25, 0.3) is 0 Å². The van der Waals surface area contributed by atoms with E-state index in [1.54, 1.807) is 32.4 Å². The third kappa shape index (κ3) is 4.32. The molecule has 0 saturated heterocycles. The standard InChI is InChI=1S/C15H20N4O3S/c1-5-11(14(20)17-15-19-18-9(2)23-15)16-12-8-10(21-3)6-7-13(12)22-4/h6-8,11,16H,5H2,1-4H3,(H,17,19,20)/t11-/m1/s1. The van der Waals surface area contributed by atoms with Gasteiger partial charge in [-0.1, -0.05) is 18.3 Å². The summed E-state index contributed by atoms with van der Waals surface area (Å²) >= 11 is 1.34. The lowest BCUT2D eigenvalue weighted by atomic mass is 10.2. The highest BCUT2D eigenvalue weighted by Gasteiger charge is 2.19. The van der Waals surface area contributed by atoms with Crippen LogP contribution in [0.1, 0.15) is 18.4 Å². The fourth-order valence-corrected chi connectivity index (χ4v) is 2.60. The van der Waals surface area contributed by atoms with Crippen LogP contribution in [0.3, 0.4) is 0 Å². The summed E-state index contributed by atoms with van der Waals surface area (Å²) in [7, 11) is 3.17. The molecule has 124 valence electrons. The summed E-state index contributed by atoms with van der Waals surface area (Å²) in [6, 6.07) is 4.96. The van der Waals surface area contributed by atoms with Gasteiger partial charge in [-0.25, -0.2) is 0 Å². The van der Waals surface area contributed by atoms with Crippen LogP contribution < -0.4 is 20.1 Å². The van der Waals surface area contributed by atoms with Crippen molar-refractivity contribution in [3.63, 3.8) is 0 Å². The molecule has 0 saturated carbocycles. The number of nitrogens with one attached hydrogen (secondary N) is 2. The van der Waals surface area contributed by atoms with E-state index in [0.29, 0.717) is 28.7 Å². The van der Waals surface area contributed by atoms with Gasteiger partial charge in [-0.2, -0.15) is 0 Å². The number of hydrogen-bond donors (Lipinski definition) is 2. The molecule has 1 aromatic heterocycles. The maximum absolute atomic E-state index is 12.4. The van der Waals surface area contributed by atoms with Gasteiger partial charge in [0.15, 0.2) is 0 Å². The van der Waals surface area contributed by atoms with Crippen molar-refractivity contribution in [2.75, 3.05) is 24.9 Å². The zero-order valence-corrected chi connectivity index (χ0v) is 14.4. The van der Waals surface area contributed by atoms with E-state index < -0.39 is 6.04 Å². The molecule has 0 bridgehead atoms. The average Bonchev–Trinajstić information content (AvgIpc) is 2.97. The molecule has 0 aliphatic carbocycles. The summed E-state index contributed by atoms with van der Waals surface area (Å²) in [5.41, 5.74) is 0.697. The molecule has 1 aromatic carbocycles. The molecule has 2 N–H and O–H groups in total. The van der Waals surface area contributed by atoms with Crippen molar-refractivity contribution in [3.8, 4) is 11.5 Å². The molecule has 0 fully saturated rings. The van der Waals surface area contributed by atoms with Crippen molar-refractivity contribution in [1.82, 2.24) is 10.2 Å². The molecule has 8 heteroatoms. The van der Waals surface area contributed by atoms with E-state index in [1.807, 2.05) is 13.8 Å². The Kier molecular flexibility index (Phi) is 5.75. The van der Waals surface area contributed by atoms with E-state index >= 15 is 0 Å². The number of carbonyl (C=O) groups excluding carboxylic acids is 1. The number of carbonyl (C=O) groups is 1. The minimum atomic E-state index is -0.430. The maximum atomic E-state index is 12.4. The summed E-state index contributed by atoms with van der Waals surface area (Å²) in [4.78, 5) is 12.4. The first-order valence-corrected chi connectivity index (χ1v) is 7.98. The summed E-state index contributed by atoms with van der Waals surface area (Å²) in [5.74, 6) is 1.15. The fourth-order valence-electron chi connectivity index (χ4n) is 2.01. The van der Waals surface area contributed by atoms with Gasteiger partial charge >= 0.3 is 0 Å². The monoisotopic (exact) mass is 336 g/mol. The van der Waals surface area contributed by atoms with Crippen molar-refractivity contribution in [2.24, 2.45) is 0 Å². The molecule has 1 atom stereocenters. The number of benzene rings is 1. The van der Waals surface area contributed by atoms with Crippen molar-refractivity contribution >= 4 is 28.1 Å². The van der Waals surface area contributed by atoms with Crippen molar-refractivity contribution < 1.29 is 14.3 Å². The number of ether oxygens (including phenoxy) is 2. The first-order valence-electron chi connectivity index (χ1n) is 7.17. The lowest BCUT2D eigenvalue weighted by Crippen LogP contribution is -2.34. The second-order valence-electron chi connectivity index (χ2n) is 4.79. The lowest BCUT2D eigenvalue weighted by molar-refractivity contribution is -0.117. The zero-order chi connectivity index (χ0) is 16.8. The number of nitrogens with zero attached hydrogens (tertiary/aromatic N) is 2. The molecule has 0 radical (unpaired) electrons. The van der Waals surface area contributed by atoms with Gasteiger partial charge in [-0.3, -0.25) is 10.1 Å². The number of aryl methyl sites for hydroxylation is 1. The Bertz CT molecular complexity index is 674. The molecular weight excluding hydrogens is 316 g/mol. The van der Waals surface area contributed by atoms with Crippen molar-refractivity contribution in [1.29, 1.82) is 0 Å². The van der Waals surface area contributed by atoms with Crippen molar-refractivity contribution in [3.05, 3.63) is 23.2 Å². The van der Waals surface area contributed by atoms with Crippen LogP contribution in [0.2, 0.25) is 0 Å². The Morgan fingerprint density at radius 1 is 1.30 bits per heavy atom. The molecule has 1 amide bonds. The quantitative estimate of drug-likeness (QED) is 0.808. The van der Waals surface area contributed by atoms with E-state index in [4.69, 9.17) is 9.47 Å². The molecular formula is C15H20N4O3S. The van der Waals surface area contributed by atoms with E-state index in [9.17, 15) is 4.79 Å². The highest BCUT2D eigenvalue weighted by Crippen LogP contribution is 2.30. The topological polar surface area (TPSA) is 85.4 Å². The predicted octanol–water partition coefficient (Wildman–Crippen LogP) is 2.69. The maximum Gasteiger partial charge on any atom is 0.248 e. The Balaban J connectivity index is 2.13. The number of anilines is 2. The number of amides is 1. The number of rotatable bonds is 7. The summed E-state index contributed by atoms with van der Waals surface area (Å²) in [5, 5.41) is 15.0. The largest absolute Gasteiger partial charge is 0.497 e. The minimum absolute atomic E-state index is 0.173.